The van der Waals surface area contributed by atoms with Crippen LogP contribution in [0, 0.1) is 13.8 Å². The van der Waals surface area contributed by atoms with Crippen molar-refractivity contribution in [1.82, 2.24) is 4.57 Å². The van der Waals surface area contributed by atoms with Gasteiger partial charge in [-0.15, -0.1) is 0 Å². The van der Waals surface area contributed by atoms with Gasteiger partial charge in [0.1, 0.15) is 0 Å². The van der Waals surface area contributed by atoms with Gasteiger partial charge >= 0.3 is 0 Å². The van der Waals surface area contributed by atoms with Gasteiger partial charge in [0.25, 0.3) is 0 Å². The molecule has 3 aromatic rings. The average Bonchev–Trinajstić information content (AvgIpc) is 2.85. The summed E-state index contributed by atoms with van der Waals surface area (Å²) in [6.07, 6.45) is 0. The molecular formula is C21H33N. The van der Waals surface area contributed by atoms with E-state index < -0.39 is 0 Å². The molecule has 3 rings (SSSR count). The van der Waals surface area contributed by atoms with Gasteiger partial charge in [-0.05, 0) is 37.1 Å². The molecule has 0 fully saturated rings. The summed E-state index contributed by atoms with van der Waals surface area (Å²) in [4.78, 5) is 0. The molecule has 1 aromatic heterocycles. The van der Waals surface area contributed by atoms with Crippen molar-refractivity contribution in [2.75, 3.05) is 0 Å². The van der Waals surface area contributed by atoms with Crippen molar-refractivity contribution in [3.05, 3.63) is 47.5 Å². The van der Waals surface area contributed by atoms with E-state index in [1.807, 2.05) is 41.5 Å². The Morgan fingerprint density at radius 3 is 1.23 bits per heavy atom. The number of hydrogen-bond acceptors (Lipinski definition) is 0. The highest BCUT2D eigenvalue weighted by Crippen LogP contribution is 2.29. The molecular weight excluding hydrogens is 266 g/mol. The number of aryl methyl sites for hydroxylation is 3. The average molecular weight is 300 g/mol. The van der Waals surface area contributed by atoms with Crippen molar-refractivity contribution in [3.8, 4) is 0 Å². The van der Waals surface area contributed by atoms with E-state index in [1.165, 1.54) is 32.9 Å². The second kappa shape index (κ2) is 10.0. The van der Waals surface area contributed by atoms with Crippen molar-refractivity contribution in [2.45, 2.75) is 55.4 Å². The van der Waals surface area contributed by atoms with E-state index in [0.29, 0.717) is 0 Å². The highest BCUT2D eigenvalue weighted by molar-refractivity contribution is 6.08. The van der Waals surface area contributed by atoms with Gasteiger partial charge in [-0.3, -0.25) is 0 Å². The number of benzene rings is 2. The van der Waals surface area contributed by atoms with E-state index >= 15 is 0 Å². The zero-order valence-electron chi connectivity index (χ0n) is 15.9. The Morgan fingerprint density at radius 2 is 0.909 bits per heavy atom. The number of aromatic nitrogens is 1. The van der Waals surface area contributed by atoms with Crippen LogP contribution in [0.3, 0.4) is 0 Å². The molecule has 22 heavy (non-hydrogen) atoms. The zero-order valence-corrected chi connectivity index (χ0v) is 15.9. The van der Waals surface area contributed by atoms with Crippen molar-refractivity contribution in [3.63, 3.8) is 0 Å². The Balaban J connectivity index is 0.000000661. The third-order valence-corrected chi connectivity index (χ3v) is 3.32. The first-order valence-corrected chi connectivity index (χ1v) is 8.62. The zero-order chi connectivity index (χ0) is 17.3. The lowest BCUT2D eigenvalue weighted by Crippen LogP contribution is -1.87. The molecule has 0 bridgehead atoms. The summed E-state index contributed by atoms with van der Waals surface area (Å²) in [5.41, 5.74) is 5.27. The van der Waals surface area contributed by atoms with Gasteiger partial charge in [-0.2, -0.15) is 0 Å². The molecule has 1 heterocycles. The van der Waals surface area contributed by atoms with Gasteiger partial charge in [0.15, 0.2) is 0 Å². The van der Waals surface area contributed by atoms with E-state index in [4.69, 9.17) is 0 Å². The summed E-state index contributed by atoms with van der Waals surface area (Å²) in [7, 11) is 2.14. The third kappa shape index (κ3) is 4.13. The normalized spacial score (nSPS) is 9.14. The maximum absolute atomic E-state index is 2.28. The van der Waals surface area contributed by atoms with Crippen LogP contribution in [0.1, 0.15) is 52.7 Å². The third-order valence-electron chi connectivity index (χ3n) is 3.32. The van der Waals surface area contributed by atoms with Crippen LogP contribution < -0.4 is 0 Å². The van der Waals surface area contributed by atoms with Gasteiger partial charge < -0.3 is 4.57 Å². The fourth-order valence-corrected chi connectivity index (χ4v) is 2.42. The SMILES string of the molecule is CC.CC.CC.Cc1ccc2c3ccc(C)cc3n(C)c2c1. The van der Waals surface area contributed by atoms with Crippen LogP contribution in [-0.4, -0.2) is 4.57 Å². The molecule has 0 amide bonds. The highest BCUT2D eigenvalue weighted by Gasteiger charge is 2.07. The number of fused-ring (bicyclic) bond motifs is 3. The van der Waals surface area contributed by atoms with Gasteiger partial charge in [-0.25, -0.2) is 0 Å². The molecule has 0 N–H and O–H groups in total. The fourth-order valence-electron chi connectivity index (χ4n) is 2.42. The van der Waals surface area contributed by atoms with Crippen molar-refractivity contribution < 1.29 is 0 Å². The monoisotopic (exact) mass is 299 g/mol. The lowest BCUT2D eigenvalue weighted by atomic mass is 10.1. The summed E-state index contributed by atoms with van der Waals surface area (Å²) in [6.45, 7) is 16.3. The predicted octanol–water partition coefficient (Wildman–Crippen LogP) is 7.03. The summed E-state index contributed by atoms with van der Waals surface area (Å²) < 4.78 is 2.28. The molecule has 0 radical (unpaired) electrons. The van der Waals surface area contributed by atoms with E-state index in [1.54, 1.807) is 0 Å². The summed E-state index contributed by atoms with van der Waals surface area (Å²) in [6, 6.07) is 13.3. The smallest absolute Gasteiger partial charge is 0.0491 e. The molecule has 0 unspecified atom stereocenters. The molecule has 0 aliphatic heterocycles. The Hall–Kier alpha value is -1.76. The van der Waals surface area contributed by atoms with Gasteiger partial charge in [0, 0.05) is 28.9 Å². The van der Waals surface area contributed by atoms with Crippen LogP contribution in [-0.2, 0) is 7.05 Å². The minimum atomic E-state index is 1.31. The largest absolute Gasteiger partial charge is 0.344 e. The molecule has 0 saturated carbocycles. The standard InChI is InChI=1S/C15H15N.3C2H6/c1-10-4-6-12-13-7-5-11(2)9-15(13)16(3)14(12)8-10;3*1-2/h4-9H,1-3H3;3*1-2H3. The Bertz CT molecular complexity index is 631. The summed E-state index contributed by atoms with van der Waals surface area (Å²) in [5.74, 6) is 0. The second-order valence-corrected chi connectivity index (χ2v) is 4.60. The van der Waals surface area contributed by atoms with E-state index in [9.17, 15) is 0 Å². The summed E-state index contributed by atoms with van der Waals surface area (Å²) >= 11 is 0. The van der Waals surface area contributed by atoms with Gasteiger partial charge in [0.05, 0.1) is 0 Å². The molecule has 0 spiro atoms. The maximum Gasteiger partial charge on any atom is 0.0491 e. The Kier molecular flexibility index (Phi) is 9.24. The molecule has 1 nitrogen and oxygen atoms in total. The van der Waals surface area contributed by atoms with Crippen LogP contribution >= 0.6 is 0 Å². The molecule has 0 aliphatic rings. The number of hydrogen-bond donors (Lipinski definition) is 0. The van der Waals surface area contributed by atoms with E-state index in [0.717, 1.165) is 0 Å². The van der Waals surface area contributed by atoms with Crippen LogP contribution in [0.15, 0.2) is 36.4 Å². The minimum absolute atomic E-state index is 1.31. The molecule has 122 valence electrons. The molecule has 0 aliphatic carbocycles. The lowest BCUT2D eigenvalue weighted by molar-refractivity contribution is 1.01. The first kappa shape index (κ1) is 20.2. The summed E-state index contributed by atoms with van der Waals surface area (Å²) in [5, 5.41) is 2.70. The van der Waals surface area contributed by atoms with Gasteiger partial charge in [-0.1, -0.05) is 65.8 Å². The Morgan fingerprint density at radius 1 is 0.591 bits per heavy atom. The van der Waals surface area contributed by atoms with Gasteiger partial charge in [0.2, 0.25) is 0 Å². The van der Waals surface area contributed by atoms with Crippen molar-refractivity contribution >= 4 is 21.8 Å². The van der Waals surface area contributed by atoms with E-state index in [-0.39, 0.29) is 0 Å². The second-order valence-electron chi connectivity index (χ2n) is 4.60. The molecule has 2 aromatic carbocycles. The molecule has 1 heteroatoms. The molecule has 0 atom stereocenters. The van der Waals surface area contributed by atoms with E-state index in [2.05, 4.69) is 61.9 Å². The Labute approximate surface area is 137 Å². The quantitative estimate of drug-likeness (QED) is 0.420. The van der Waals surface area contributed by atoms with Crippen molar-refractivity contribution in [2.24, 2.45) is 7.05 Å². The van der Waals surface area contributed by atoms with Crippen LogP contribution in [0.5, 0.6) is 0 Å². The lowest BCUT2D eigenvalue weighted by Gasteiger charge is -1.99. The topological polar surface area (TPSA) is 4.93 Å². The first-order chi connectivity index (χ1) is 10.7. The highest BCUT2D eigenvalue weighted by atomic mass is 14.9. The molecule has 0 saturated heterocycles. The first-order valence-electron chi connectivity index (χ1n) is 8.62. The minimum Gasteiger partial charge on any atom is -0.344 e. The number of rotatable bonds is 0. The van der Waals surface area contributed by atoms with Crippen LogP contribution in [0.4, 0.5) is 0 Å². The van der Waals surface area contributed by atoms with Crippen LogP contribution in [0.2, 0.25) is 0 Å². The van der Waals surface area contributed by atoms with Crippen molar-refractivity contribution in [1.29, 1.82) is 0 Å². The fraction of sp³-hybridized carbons (Fsp3) is 0.429. The number of nitrogens with zero attached hydrogens (tertiary/aromatic N) is 1. The maximum atomic E-state index is 2.28. The van der Waals surface area contributed by atoms with Crippen LogP contribution in [0.25, 0.3) is 21.8 Å². The predicted molar refractivity (Wildman–Crippen MR) is 104 cm³/mol.